The second-order valence-corrected chi connectivity index (χ2v) is 7.39. The topological polar surface area (TPSA) is 74.2 Å². The normalized spacial score (nSPS) is 36.5. The van der Waals surface area contributed by atoms with Crippen LogP contribution in [0.5, 0.6) is 11.5 Å². The lowest BCUT2D eigenvalue weighted by molar-refractivity contribution is -0.161. The Kier molecular flexibility index (Phi) is 4.09. The number of ketones is 1. The molecule has 1 N–H and O–H groups in total. The average Bonchev–Trinajstić information content (AvgIpc) is 3.18. The molecule has 1 aliphatic heterocycles. The maximum Gasteiger partial charge on any atom is 0.231 e. The predicted octanol–water partition coefficient (Wildman–Crippen LogP) is 2.57. The van der Waals surface area contributed by atoms with Crippen LogP contribution in [0, 0.1) is 11.3 Å². The van der Waals surface area contributed by atoms with Gasteiger partial charge in [-0.05, 0) is 36.1 Å². The van der Waals surface area contributed by atoms with Crippen LogP contribution in [0.4, 0.5) is 0 Å². The molecule has 0 saturated heterocycles. The van der Waals surface area contributed by atoms with Gasteiger partial charge in [0, 0.05) is 13.0 Å². The Morgan fingerprint density at radius 3 is 2.74 bits per heavy atom. The molecule has 1 heterocycles. The zero-order valence-corrected chi connectivity index (χ0v) is 15.7. The molecular weight excluding hydrogens is 348 g/mol. The summed E-state index contributed by atoms with van der Waals surface area (Å²) < 4.78 is 22.2. The van der Waals surface area contributed by atoms with Crippen LogP contribution >= 0.6 is 0 Å². The van der Waals surface area contributed by atoms with Gasteiger partial charge in [-0.2, -0.15) is 0 Å². The molecule has 0 aromatic heterocycles. The zero-order chi connectivity index (χ0) is 19.4. The highest BCUT2D eigenvalue weighted by Crippen LogP contribution is 2.63. The second kappa shape index (κ2) is 6.11. The summed E-state index contributed by atoms with van der Waals surface area (Å²) in [4.78, 5) is 13.7. The Hall–Kier alpha value is -2.31. The number of aliphatic hydroxyl groups excluding tert-OH is 1. The van der Waals surface area contributed by atoms with E-state index in [4.69, 9.17) is 18.9 Å². The molecule has 2 bridgehead atoms. The molecule has 5 atom stereocenters. The fourth-order valence-electron chi connectivity index (χ4n) is 5.14. The van der Waals surface area contributed by atoms with E-state index in [1.54, 1.807) is 12.2 Å². The van der Waals surface area contributed by atoms with Crippen LogP contribution in [-0.4, -0.2) is 43.6 Å². The number of carbonyl (C=O) groups is 1. The molecule has 6 heteroatoms. The van der Waals surface area contributed by atoms with Crippen molar-refractivity contribution in [1.82, 2.24) is 0 Å². The van der Waals surface area contributed by atoms with Crippen molar-refractivity contribution in [2.75, 3.05) is 21.0 Å². The van der Waals surface area contributed by atoms with Crippen molar-refractivity contribution in [3.63, 3.8) is 0 Å². The number of fused-ring (bicyclic) bond motifs is 3. The Balaban J connectivity index is 1.93. The van der Waals surface area contributed by atoms with Gasteiger partial charge in [0.15, 0.2) is 22.9 Å². The maximum absolute atomic E-state index is 13.7. The minimum Gasteiger partial charge on any atom is -0.499 e. The van der Waals surface area contributed by atoms with E-state index in [0.717, 1.165) is 5.56 Å². The largest absolute Gasteiger partial charge is 0.499 e. The number of ether oxygens (including phenoxy) is 4. The van der Waals surface area contributed by atoms with E-state index in [1.807, 2.05) is 25.1 Å². The molecule has 1 aromatic rings. The molecule has 144 valence electrons. The Bertz CT molecular complexity index is 830. The van der Waals surface area contributed by atoms with Crippen molar-refractivity contribution in [2.45, 2.75) is 31.0 Å². The molecule has 0 amide bonds. The lowest BCUT2D eigenvalue weighted by atomic mass is 9.70. The third-order valence-electron chi connectivity index (χ3n) is 6.44. The Labute approximate surface area is 158 Å². The highest BCUT2D eigenvalue weighted by molar-refractivity contribution is 6.01. The van der Waals surface area contributed by atoms with E-state index >= 15 is 0 Å². The summed E-state index contributed by atoms with van der Waals surface area (Å²) in [6.07, 6.45) is 2.74. The second-order valence-electron chi connectivity index (χ2n) is 7.39. The van der Waals surface area contributed by atoms with Crippen LogP contribution in [0.25, 0.3) is 0 Å². The fraction of sp³-hybridized carbons (Fsp3) is 0.476. The smallest absolute Gasteiger partial charge is 0.231 e. The number of allylic oxidation sites excluding steroid dienone is 2. The van der Waals surface area contributed by atoms with E-state index in [9.17, 15) is 9.90 Å². The van der Waals surface area contributed by atoms with Crippen molar-refractivity contribution >= 4 is 5.78 Å². The van der Waals surface area contributed by atoms with Gasteiger partial charge in [-0.1, -0.05) is 19.1 Å². The quantitative estimate of drug-likeness (QED) is 0.801. The van der Waals surface area contributed by atoms with Gasteiger partial charge in [0.1, 0.15) is 11.9 Å². The molecule has 6 nitrogen and oxygen atoms in total. The molecule has 1 saturated carbocycles. The zero-order valence-electron chi connectivity index (χ0n) is 15.7. The van der Waals surface area contributed by atoms with E-state index < -0.39 is 17.1 Å². The van der Waals surface area contributed by atoms with Crippen LogP contribution in [0.1, 0.15) is 24.8 Å². The first-order valence-electron chi connectivity index (χ1n) is 9.01. The molecule has 27 heavy (non-hydrogen) atoms. The standard InChI is InChI=1S/C21H24O6/c1-5-8-20-10-16(24-3)18(22)21(25-4,19(20)23)17(12(20)2)13-6-7-14-15(9-13)27-11-26-14/h5-7,9-10,12,17-18,22H,1,8,11H2,2-4H3. The Morgan fingerprint density at radius 2 is 2.07 bits per heavy atom. The Morgan fingerprint density at radius 1 is 1.33 bits per heavy atom. The first-order chi connectivity index (χ1) is 13.0. The molecule has 1 aromatic carbocycles. The number of hydrogen-bond acceptors (Lipinski definition) is 6. The van der Waals surface area contributed by atoms with E-state index in [1.165, 1.54) is 14.2 Å². The third kappa shape index (κ3) is 2.11. The first-order valence-corrected chi connectivity index (χ1v) is 9.01. The first kappa shape index (κ1) is 18.1. The summed E-state index contributed by atoms with van der Waals surface area (Å²) in [6, 6.07) is 5.61. The number of Topliss-reactive ketones (excluding diaryl/α,β-unsaturated/α-hetero) is 1. The lowest BCUT2D eigenvalue weighted by Gasteiger charge is -2.40. The van der Waals surface area contributed by atoms with Gasteiger partial charge in [-0.15, -0.1) is 6.58 Å². The number of methoxy groups -OCH3 is 2. The molecule has 3 aliphatic rings. The molecule has 2 aliphatic carbocycles. The average molecular weight is 372 g/mol. The van der Waals surface area contributed by atoms with Crippen LogP contribution < -0.4 is 9.47 Å². The molecule has 0 radical (unpaired) electrons. The van der Waals surface area contributed by atoms with Gasteiger partial charge >= 0.3 is 0 Å². The van der Waals surface area contributed by atoms with Gasteiger partial charge in [-0.25, -0.2) is 0 Å². The fourth-order valence-corrected chi connectivity index (χ4v) is 5.14. The maximum atomic E-state index is 13.7. The number of benzene rings is 1. The summed E-state index contributed by atoms with van der Waals surface area (Å²) >= 11 is 0. The van der Waals surface area contributed by atoms with Crippen LogP contribution in [0.2, 0.25) is 0 Å². The highest BCUT2D eigenvalue weighted by atomic mass is 16.7. The van der Waals surface area contributed by atoms with Gasteiger partial charge in [0.05, 0.1) is 12.5 Å². The number of rotatable bonds is 5. The summed E-state index contributed by atoms with van der Waals surface area (Å²) in [5, 5.41) is 11.1. The van der Waals surface area contributed by atoms with Gasteiger partial charge in [0.2, 0.25) is 6.79 Å². The lowest BCUT2D eigenvalue weighted by Crippen LogP contribution is -2.57. The van der Waals surface area contributed by atoms with E-state index in [-0.39, 0.29) is 24.4 Å². The van der Waals surface area contributed by atoms with Crippen LogP contribution in [0.15, 0.2) is 42.7 Å². The van der Waals surface area contributed by atoms with Gasteiger partial charge < -0.3 is 24.1 Å². The SMILES string of the molecule is C=CCC12C=C(OC)C(O)C(OC)(C1=O)C(c1ccc3c(c1)OCO3)C2C. The minimum atomic E-state index is -1.43. The molecule has 4 rings (SSSR count). The van der Waals surface area contributed by atoms with Crippen LogP contribution in [0.3, 0.4) is 0 Å². The van der Waals surface area contributed by atoms with Gasteiger partial charge in [-0.3, -0.25) is 4.79 Å². The van der Waals surface area contributed by atoms with E-state index in [0.29, 0.717) is 23.7 Å². The molecular formula is C21H24O6. The van der Waals surface area contributed by atoms with Crippen molar-refractivity contribution < 1.29 is 28.8 Å². The van der Waals surface area contributed by atoms with Crippen LogP contribution in [-0.2, 0) is 14.3 Å². The molecule has 5 unspecified atom stereocenters. The summed E-state index contributed by atoms with van der Waals surface area (Å²) in [5.74, 6) is 0.984. The van der Waals surface area contributed by atoms with Gasteiger partial charge in [0.25, 0.3) is 0 Å². The van der Waals surface area contributed by atoms with E-state index in [2.05, 4.69) is 6.58 Å². The number of hydrogen-bond donors (Lipinski definition) is 1. The monoisotopic (exact) mass is 372 g/mol. The van der Waals surface area contributed by atoms with Crippen molar-refractivity contribution in [3.8, 4) is 11.5 Å². The molecule has 0 spiro atoms. The predicted molar refractivity (Wildman–Crippen MR) is 97.6 cm³/mol. The van der Waals surface area contributed by atoms with Crippen molar-refractivity contribution in [2.24, 2.45) is 11.3 Å². The third-order valence-corrected chi connectivity index (χ3v) is 6.44. The number of aliphatic hydroxyl groups is 1. The summed E-state index contributed by atoms with van der Waals surface area (Å²) in [7, 11) is 2.96. The summed E-state index contributed by atoms with van der Waals surface area (Å²) in [5.41, 5.74) is -1.42. The van der Waals surface area contributed by atoms with Crippen molar-refractivity contribution in [3.05, 3.63) is 48.3 Å². The molecule has 1 fully saturated rings. The van der Waals surface area contributed by atoms with Crippen molar-refractivity contribution in [1.29, 1.82) is 0 Å². The minimum absolute atomic E-state index is 0.138. The highest BCUT2D eigenvalue weighted by Gasteiger charge is 2.72. The number of carbonyl (C=O) groups excluding carboxylic acids is 1. The summed E-state index contributed by atoms with van der Waals surface area (Å²) in [6.45, 7) is 6.02.